The van der Waals surface area contributed by atoms with E-state index in [0.29, 0.717) is 22.5 Å². The van der Waals surface area contributed by atoms with E-state index in [1.807, 2.05) is 44.4 Å². The summed E-state index contributed by atoms with van der Waals surface area (Å²) in [7, 11) is 0. The van der Waals surface area contributed by atoms with Crippen LogP contribution in [0, 0.1) is 5.82 Å². The largest absolute Gasteiger partial charge is 0.444 e. The molecular formula is C36H38FN5O5S. The number of hydrogen-bond donors (Lipinski definition) is 2. The minimum absolute atomic E-state index is 0.0408. The van der Waals surface area contributed by atoms with Gasteiger partial charge in [0.05, 0.1) is 17.3 Å². The number of ether oxygens (including phenoxy) is 1. The second-order valence-corrected chi connectivity index (χ2v) is 12.3. The number of nitrogens with zero attached hydrogens (tertiary/aromatic N) is 3. The van der Waals surface area contributed by atoms with E-state index < -0.39 is 35.2 Å². The Morgan fingerprint density at radius 3 is 2.38 bits per heavy atom. The Labute approximate surface area is 283 Å². The minimum atomic E-state index is -0.877. The number of benzene rings is 3. The number of hydrogen-bond acceptors (Lipinski definition) is 9. The van der Waals surface area contributed by atoms with Crippen LogP contribution in [0.15, 0.2) is 87.2 Å². The molecule has 1 unspecified atom stereocenters. The molecule has 1 aliphatic rings. The molecule has 1 aliphatic heterocycles. The fraction of sp³-hybridized carbons (Fsp3) is 0.278. The summed E-state index contributed by atoms with van der Waals surface area (Å²) in [6, 6.07) is 17.9. The molecule has 0 aliphatic carbocycles. The summed E-state index contributed by atoms with van der Waals surface area (Å²) in [4.78, 5) is 47.6. The Morgan fingerprint density at radius 1 is 1.08 bits per heavy atom. The van der Waals surface area contributed by atoms with Gasteiger partial charge in [0.1, 0.15) is 11.4 Å². The van der Waals surface area contributed by atoms with Crippen LogP contribution in [-0.4, -0.2) is 51.5 Å². The van der Waals surface area contributed by atoms with Crippen molar-refractivity contribution in [1.29, 1.82) is 0 Å². The second-order valence-electron chi connectivity index (χ2n) is 11.4. The number of anilines is 1. The highest BCUT2D eigenvalue weighted by Crippen LogP contribution is 2.27. The molecular weight excluding hydrogens is 633 g/mol. The van der Waals surface area contributed by atoms with Crippen LogP contribution in [0.25, 0.3) is 28.5 Å². The number of amides is 2. The van der Waals surface area contributed by atoms with Gasteiger partial charge in [-0.1, -0.05) is 43.3 Å². The summed E-state index contributed by atoms with van der Waals surface area (Å²) in [6.07, 6.45) is 3.22. The number of halogens is 1. The van der Waals surface area contributed by atoms with E-state index in [-0.39, 0.29) is 29.4 Å². The van der Waals surface area contributed by atoms with Crippen molar-refractivity contribution in [2.45, 2.75) is 64.5 Å². The van der Waals surface area contributed by atoms with Gasteiger partial charge in [0.15, 0.2) is 5.71 Å². The summed E-state index contributed by atoms with van der Waals surface area (Å²) in [5, 5.41) is 9.24. The molecule has 0 saturated carbocycles. The number of nitrogens with one attached hydrogen (secondary N) is 2. The molecule has 48 heavy (non-hydrogen) atoms. The van der Waals surface area contributed by atoms with Gasteiger partial charge in [-0.3, -0.25) is 14.9 Å². The summed E-state index contributed by atoms with van der Waals surface area (Å²) in [6.45, 7) is 11.1. The Bertz CT molecular complexity index is 1840. The minimum Gasteiger partial charge on any atom is -0.444 e. The molecule has 2 amide bonds. The maximum atomic E-state index is 15.2. The highest BCUT2D eigenvalue weighted by molar-refractivity contribution is 7.98. The summed E-state index contributed by atoms with van der Waals surface area (Å²) in [5.41, 5.74) is 2.17. The third kappa shape index (κ3) is 8.82. The summed E-state index contributed by atoms with van der Waals surface area (Å²) < 4.78 is 25.9. The molecule has 1 atom stereocenters. The first-order chi connectivity index (χ1) is 22.9. The molecule has 3 aromatic carbocycles. The van der Waals surface area contributed by atoms with E-state index in [2.05, 4.69) is 25.8 Å². The van der Waals surface area contributed by atoms with Gasteiger partial charge >= 0.3 is 6.09 Å². The van der Waals surface area contributed by atoms with Crippen LogP contribution < -0.4 is 10.6 Å². The molecule has 1 saturated heterocycles. The lowest BCUT2D eigenvalue weighted by Gasteiger charge is -2.19. The maximum absolute atomic E-state index is 15.2. The predicted octanol–water partition coefficient (Wildman–Crippen LogP) is 7.75. The van der Waals surface area contributed by atoms with Crippen molar-refractivity contribution in [3.8, 4) is 22.8 Å². The first kappa shape index (κ1) is 35.7. The standard InChI is InChI=1S/C34H32FN5O5S.C2H6/c1-6-26(20-10-14-23(46-5)15-11-20)37-28-29(41)27(38-31(28)42)18-19-7-16-24(25(35)17-19)30-39-32(45-40-30)21-8-12-22(13-9-21)36-33(43)44-34(2,3)4;1-2/h6-17,27H,18H2,1-5H3,(H,36,43)(H,38,42);1-2H3/b26-6-,37-28?;. The van der Waals surface area contributed by atoms with E-state index in [4.69, 9.17) is 9.26 Å². The van der Waals surface area contributed by atoms with Crippen molar-refractivity contribution in [1.82, 2.24) is 15.5 Å². The molecule has 10 nitrogen and oxygen atoms in total. The van der Waals surface area contributed by atoms with Crippen LogP contribution in [0.5, 0.6) is 0 Å². The van der Waals surface area contributed by atoms with Gasteiger partial charge in [0, 0.05) is 22.6 Å². The van der Waals surface area contributed by atoms with Crippen molar-refractivity contribution in [2.75, 3.05) is 11.6 Å². The topological polar surface area (TPSA) is 136 Å². The third-order valence-electron chi connectivity index (χ3n) is 6.88. The van der Waals surface area contributed by atoms with E-state index in [1.165, 1.54) is 12.1 Å². The lowest BCUT2D eigenvalue weighted by molar-refractivity contribution is -0.115. The van der Waals surface area contributed by atoms with Crippen molar-refractivity contribution < 1.29 is 28.0 Å². The Kier molecular flexibility index (Phi) is 11.7. The van der Waals surface area contributed by atoms with Gasteiger partial charge in [-0.2, -0.15) is 4.98 Å². The number of rotatable bonds is 8. The van der Waals surface area contributed by atoms with Crippen molar-refractivity contribution in [3.05, 3.63) is 89.8 Å². The van der Waals surface area contributed by atoms with Crippen LogP contribution in [0.3, 0.4) is 0 Å². The Hall–Kier alpha value is -5.10. The van der Waals surface area contributed by atoms with Crippen LogP contribution in [0.4, 0.5) is 14.9 Å². The quantitative estimate of drug-likeness (QED) is 0.182. The number of aromatic nitrogens is 2. The molecule has 2 heterocycles. The van der Waals surface area contributed by atoms with E-state index >= 15 is 4.39 Å². The third-order valence-corrected chi connectivity index (χ3v) is 7.62. The normalized spacial score (nSPS) is 15.5. The monoisotopic (exact) mass is 671 g/mol. The molecule has 2 N–H and O–H groups in total. The average molecular weight is 672 g/mol. The first-order valence-corrected chi connectivity index (χ1v) is 16.6. The van der Waals surface area contributed by atoms with E-state index in [0.717, 1.165) is 10.5 Å². The zero-order valence-corrected chi connectivity index (χ0v) is 28.7. The van der Waals surface area contributed by atoms with Crippen LogP contribution in [-0.2, 0) is 20.7 Å². The number of Topliss-reactive ketones (excluding diaryl/α,β-unsaturated/α-hetero) is 1. The number of aliphatic imine (C=N–C) groups is 1. The molecule has 250 valence electrons. The Balaban J connectivity index is 0.00000255. The first-order valence-electron chi connectivity index (χ1n) is 15.4. The number of thioether (sulfide) groups is 1. The van der Waals surface area contributed by atoms with Gasteiger partial charge in [-0.25, -0.2) is 14.2 Å². The molecule has 0 spiro atoms. The average Bonchev–Trinajstić information content (AvgIpc) is 3.64. The summed E-state index contributed by atoms with van der Waals surface area (Å²) >= 11 is 1.61. The smallest absolute Gasteiger partial charge is 0.412 e. The number of carbonyl (C=O) groups is 3. The molecule has 12 heteroatoms. The number of allylic oxidation sites excluding steroid dienone is 1. The van der Waals surface area contributed by atoms with Gasteiger partial charge in [-0.05, 0) is 93.6 Å². The fourth-order valence-corrected chi connectivity index (χ4v) is 5.08. The highest BCUT2D eigenvalue weighted by atomic mass is 32.2. The predicted molar refractivity (Wildman–Crippen MR) is 186 cm³/mol. The zero-order valence-electron chi connectivity index (χ0n) is 27.9. The molecule has 1 aromatic heterocycles. The van der Waals surface area contributed by atoms with Crippen LogP contribution >= 0.6 is 11.8 Å². The molecule has 0 radical (unpaired) electrons. The van der Waals surface area contributed by atoms with E-state index in [9.17, 15) is 14.4 Å². The molecule has 0 bridgehead atoms. The van der Waals surface area contributed by atoms with Gasteiger partial charge in [0.25, 0.3) is 11.8 Å². The summed E-state index contributed by atoms with van der Waals surface area (Å²) in [5.74, 6) is -1.43. The number of ketones is 1. The highest BCUT2D eigenvalue weighted by Gasteiger charge is 2.37. The molecule has 5 rings (SSSR count). The van der Waals surface area contributed by atoms with Gasteiger partial charge in [0.2, 0.25) is 11.6 Å². The lowest BCUT2D eigenvalue weighted by Crippen LogP contribution is -2.31. The zero-order chi connectivity index (χ0) is 35.0. The molecule has 1 fully saturated rings. The van der Waals surface area contributed by atoms with Gasteiger partial charge in [-0.15, -0.1) is 11.8 Å². The maximum Gasteiger partial charge on any atom is 0.412 e. The van der Waals surface area contributed by atoms with Crippen molar-refractivity contribution >= 4 is 46.6 Å². The fourth-order valence-electron chi connectivity index (χ4n) is 4.67. The van der Waals surface area contributed by atoms with Crippen LogP contribution in [0.2, 0.25) is 0 Å². The van der Waals surface area contributed by atoms with Crippen LogP contribution in [0.1, 0.15) is 52.7 Å². The molecule has 4 aromatic rings. The Morgan fingerprint density at radius 2 is 1.77 bits per heavy atom. The second kappa shape index (κ2) is 15.7. The van der Waals surface area contributed by atoms with E-state index in [1.54, 1.807) is 75.9 Å². The lowest BCUT2D eigenvalue weighted by atomic mass is 10.0. The SMILES string of the molecule is C/C=C(\N=C1C(=O)NC(Cc2ccc(-c3noc(-c4ccc(NC(=O)OC(C)(C)C)cc4)n3)c(F)c2)C1=O)c1ccc(SC)cc1.CC. The van der Waals surface area contributed by atoms with Crippen molar-refractivity contribution in [2.24, 2.45) is 4.99 Å². The number of carbonyl (C=O) groups excluding carboxylic acids is 3. The van der Waals surface area contributed by atoms with Crippen molar-refractivity contribution in [3.63, 3.8) is 0 Å². The van der Waals surface area contributed by atoms with Gasteiger partial charge < -0.3 is 14.6 Å².